The minimum atomic E-state index is -4.44. The number of nitrogens with zero attached hydrogens (tertiary/aromatic N) is 4. The lowest BCUT2D eigenvalue weighted by Gasteiger charge is -2.30. The van der Waals surface area contributed by atoms with Crippen molar-refractivity contribution in [3.63, 3.8) is 0 Å². The van der Waals surface area contributed by atoms with Crippen LogP contribution >= 0.6 is 0 Å². The Balaban J connectivity index is 2.06. The molecule has 1 saturated carbocycles. The van der Waals surface area contributed by atoms with E-state index in [1.807, 2.05) is 13.8 Å². The first kappa shape index (κ1) is 18.7. The van der Waals surface area contributed by atoms with Crippen LogP contribution in [0.15, 0.2) is 12.3 Å². The molecule has 1 fully saturated rings. The van der Waals surface area contributed by atoms with Crippen molar-refractivity contribution >= 4 is 16.9 Å². The maximum atomic E-state index is 13.1. The molecule has 8 heteroatoms. The quantitative estimate of drug-likeness (QED) is 0.798. The maximum absolute atomic E-state index is 13.1. The van der Waals surface area contributed by atoms with Crippen LogP contribution in [0, 0.1) is 12.8 Å². The maximum Gasteiger partial charge on any atom is 0.406 e. The van der Waals surface area contributed by atoms with Gasteiger partial charge in [-0.05, 0) is 52.5 Å². The number of halogens is 3. The van der Waals surface area contributed by atoms with Gasteiger partial charge in [-0.3, -0.25) is 4.79 Å². The van der Waals surface area contributed by atoms with Gasteiger partial charge in [-0.1, -0.05) is 0 Å². The molecule has 0 saturated heterocycles. The molecule has 0 radical (unpaired) electrons. The molecular formula is C18H23F3N4O. The summed E-state index contributed by atoms with van der Waals surface area (Å²) in [4.78, 5) is 18.5. The van der Waals surface area contributed by atoms with Gasteiger partial charge in [-0.15, -0.1) is 0 Å². The second-order valence-electron chi connectivity index (χ2n) is 7.36. The summed E-state index contributed by atoms with van der Waals surface area (Å²) < 4.78 is 41.0. The fraction of sp³-hybridized carbons (Fsp3) is 0.611. The van der Waals surface area contributed by atoms with Crippen LogP contribution in [0.3, 0.4) is 0 Å². The van der Waals surface area contributed by atoms with Crippen molar-refractivity contribution in [2.24, 2.45) is 5.92 Å². The van der Waals surface area contributed by atoms with E-state index in [1.165, 1.54) is 6.20 Å². The predicted molar refractivity (Wildman–Crippen MR) is 91.9 cm³/mol. The third-order valence-corrected chi connectivity index (χ3v) is 4.82. The highest BCUT2D eigenvalue weighted by Gasteiger charge is 2.41. The number of aryl methyl sites for hydroxylation is 1. The van der Waals surface area contributed by atoms with Crippen LogP contribution in [0.2, 0.25) is 0 Å². The number of fused-ring (bicyclic) bond motifs is 1. The minimum Gasteiger partial charge on any atom is -0.327 e. The number of carbonyl (C=O) groups excluding carboxylic acids is 1. The number of aromatic nitrogens is 3. The van der Waals surface area contributed by atoms with Gasteiger partial charge in [-0.25, -0.2) is 9.67 Å². The second-order valence-corrected chi connectivity index (χ2v) is 7.36. The van der Waals surface area contributed by atoms with E-state index in [4.69, 9.17) is 0 Å². The van der Waals surface area contributed by atoms with Gasteiger partial charge in [0.25, 0.3) is 5.91 Å². The first-order valence-corrected chi connectivity index (χ1v) is 8.81. The van der Waals surface area contributed by atoms with Crippen LogP contribution in [-0.2, 0) is 0 Å². The van der Waals surface area contributed by atoms with Crippen molar-refractivity contribution < 1.29 is 18.0 Å². The lowest BCUT2D eigenvalue weighted by molar-refractivity contribution is -0.144. The Morgan fingerprint density at radius 3 is 2.54 bits per heavy atom. The zero-order valence-corrected chi connectivity index (χ0v) is 15.3. The molecule has 26 heavy (non-hydrogen) atoms. The Hall–Kier alpha value is -2.12. The van der Waals surface area contributed by atoms with E-state index in [2.05, 4.69) is 10.1 Å². The standard InChI is InChI=1S/C18H23F3N4O/c1-10(2)25-16-15(8-22-25)14(7-11(3)23-16)17(26)24(9-18(19,20)21)12(4)13-5-6-13/h7-8,10,12-13H,5-6,9H2,1-4H3. The molecule has 0 aliphatic heterocycles. The van der Waals surface area contributed by atoms with Gasteiger partial charge in [-0.2, -0.15) is 18.3 Å². The first-order valence-electron chi connectivity index (χ1n) is 8.81. The van der Waals surface area contributed by atoms with Crippen molar-refractivity contribution in [1.82, 2.24) is 19.7 Å². The van der Waals surface area contributed by atoms with Gasteiger partial charge in [0, 0.05) is 17.8 Å². The first-order chi connectivity index (χ1) is 12.1. The lowest BCUT2D eigenvalue weighted by atomic mass is 10.1. The largest absolute Gasteiger partial charge is 0.406 e. The summed E-state index contributed by atoms with van der Waals surface area (Å²) in [5, 5.41) is 4.76. The van der Waals surface area contributed by atoms with E-state index in [0.29, 0.717) is 16.7 Å². The molecule has 142 valence electrons. The van der Waals surface area contributed by atoms with Crippen LogP contribution in [0.4, 0.5) is 13.2 Å². The lowest BCUT2D eigenvalue weighted by Crippen LogP contribution is -2.45. The van der Waals surface area contributed by atoms with Gasteiger partial charge in [0.1, 0.15) is 6.54 Å². The number of hydrogen-bond donors (Lipinski definition) is 0. The molecular weight excluding hydrogens is 345 g/mol. The number of carbonyl (C=O) groups is 1. The summed E-state index contributed by atoms with van der Waals surface area (Å²) in [6.45, 7) is 6.05. The molecule has 0 spiro atoms. The van der Waals surface area contributed by atoms with Crippen LogP contribution in [0.25, 0.3) is 11.0 Å². The number of alkyl halides is 3. The number of amides is 1. The molecule has 1 atom stereocenters. The minimum absolute atomic E-state index is 0.0291. The fourth-order valence-corrected chi connectivity index (χ4v) is 3.28. The zero-order valence-electron chi connectivity index (χ0n) is 15.3. The number of pyridine rings is 1. The summed E-state index contributed by atoms with van der Waals surface area (Å²) in [7, 11) is 0. The van der Waals surface area contributed by atoms with Gasteiger partial charge < -0.3 is 4.90 Å². The van der Waals surface area contributed by atoms with Gasteiger partial charge in [0.15, 0.2) is 5.65 Å². The van der Waals surface area contributed by atoms with Crippen LogP contribution in [0.1, 0.15) is 55.7 Å². The Kier molecular flexibility index (Phi) is 4.71. The summed E-state index contributed by atoms with van der Waals surface area (Å²) >= 11 is 0. The second kappa shape index (κ2) is 6.55. The van der Waals surface area contributed by atoms with Crippen LogP contribution in [0.5, 0.6) is 0 Å². The summed E-state index contributed by atoms with van der Waals surface area (Å²) in [5.74, 6) is -0.473. The highest BCUT2D eigenvalue weighted by Crippen LogP contribution is 2.37. The Bertz CT molecular complexity index is 824. The van der Waals surface area contributed by atoms with Gasteiger partial charge in [0.2, 0.25) is 0 Å². The highest BCUT2D eigenvalue weighted by molar-refractivity contribution is 6.05. The van der Waals surface area contributed by atoms with Crippen molar-refractivity contribution in [3.8, 4) is 0 Å². The smallest absolute Gasteiger partial charge is 0.327 e. The Morgan fingerprint density at radius 2 is 2.00 bits per heavy atom. The third-order valence-electron chi connectivity index (χ3n) is 4.82. The number of hydrogen-bond acceptors (Lipinski definition) is 3. The Morgan fingerprint density at radius 1 is 1.35 bits per heavy atom. The zero-order chi connectivity index (χ0) is 19.2. The third kappa shape index (κ3) is 3.68. The average molecular weight is 368 g/mol. The van der Waals surface area contributed by atoms with E-state index in [0.717, 1.165) is 17.7 Å². The normalized spacial score (nSPS) is 16.3. The van der Waals surface area contributed by atoms with Crippen molar-refractivity contribution in [2.75, 3.05) is 6.54 Å². The molecule has 1 amide bonds. The predicted octanol–water partition coefficient (Wildman–Crippen LogP) is 4.12. The molecule has 1 aliphatic rings. The van der Waals surface area contributed by atoms with Gasteiger partial charge >= 0.3 is 6.18 Å². The molecule has 1 aliphatic carbocycles. The topological polar surface area (TPSA) is 51.0 Å². The molecule has 2 aromatic rings. The molecule has 0 N–H and O–H groups in total. The van der Waals surface area contributed by atoms with Crippen LogP contribution < -0.4 is 0 Å². The Labute approximate surface area is 150 Å². The molecule has 2 aromatic heterocycles. The molecule has 0 aromatic carbocycles. The number of rotatable bonds is 5. The van der Waals surface area contributed by atoms with E-state index < -0.39 is 24.7 Å². The average Bonchev–Trinajstić information content (AvgIpc) is 3.29. The monoisotopic (exact) mass is 368 g/mol. The molecule has 5 nitrogen and oxygen atoms in total. The van der Waals surface area contributed by atoms with E-state index in [-0.39, 0.29) is 17.5 Å². The highest BCUT2D eigenvalue weighted by atomic mass is 19.4. The van der Waals surface area contributed by atoms with Crippen molar-refractivity contribution in [1.29, 1.82) is 0 Å². The molecule has 0 bridgehead atoms. The van der Waals surface area contributed by atoms with Crippen LogP contribution in [-0.4, -0.2) is 44.3 Å². The molecule has 3 rings (SSSR count). The fourth-order valence-electron chi connectivity index (χ4n) is 3.28. The van der Waals surface area contributed by atoms with Crippen molar-refractivity contribution in [3.05, 3.63) is 23.5 Å². The SMILES string of the molecule is Cc1cc(C(=O)N(CC(F)(F)F)C(C)C2CC2)c2cnn(C(C)C)c2n1. The molecule has 2 heterocycles. The van der Waals surface area contributed by atoms with Gasteiger partial charge in [0.05, 0.1) is 17.1 Å². The van der Waals surface area contributed by atoms with Crippen molar-refractivity contribution in [2.45, 2.75) is 58.8 Å². The van der Waals surface area contributed by atoms with E-state index >= 15 is 0 Å². The van der Waals surface area contributed by atoms with E-state index in [1.54, 1.807) is 24.6 Å². The summed E-state index contributed by atoms with van der Waals surface area (Å²) in [6.07, 6.45) is -1.21. The molecule has 1 unspecified atom stereocenters. The summed E-state index contributed by atoms with van der Waals surface area (Å²) in [6, 6.07) is 1.13. The van der Waals surface area contributed by atoms with E-state index in [9.17, 15) is 18.0 Å². The summed E-state index contributed by atoms with van der Waals surface area (Å²) in [5.41, 5.74) is 1.33.